The van der Waals surface area contributed by atoms with Gasteiger partial charge in [-0.2, -0.15) is 0 Å². The third-order valence-electron chi connectivity index (χ3n) is 4.76. The fraction of sp³-hybridized carbons (Fsp3) is 0.867. The highest BCUT2D eigenvalue weighted by Gasteiger charge is 2.41. The first-order chi connectivity index (χ1) is 9.56. The summed E-state index contributed by atoms with van der Waals surface area (Å²) in [4.78, 5) is 23.1. The molecular formula is C15H26N2O3. The van der Waals surface area contributed by atoms with Crippen molar-refractivity contribution in [2.45, 2.75) is 64.3 Å². The number of rotatable bonds is 6. The minimum Gasteiger partial charge on any atom is -0.481 e. The van der Waals surface area contributed by atoms with Gasteiger partial charge in [0.25, 0.3) is 0 Å². The van der Waals surface area contributed by atoms with Crippen LogP contribution in [0, 0.1) is 11.3 Å². The van der Waals surface area contributed by atoms with Crippen molar-refractivity contribution in [3.05, 3.63) is 0 Å². The third kappa shape index (κ3) is 3.87. The van der Waals surface area contributed by atoms with Crippen molar-refractivity contribution in [3.8, 4) is 0 Å². The van der Waals surface area contributed by atoms with E-state index < -0.39 is 11.9 Å². The molecule has 114 valence electrons. The topological polar surface area (TPSA) is 78.4 Å². The van der Waals surface area contributed by atoms with Gasteiger partial charge in [-0.1, -0.05) is 26.2 Å². The zero-order chi connectivity index (χ0) is 14.6. The fourth-order valence-corrected chi connectivity index (χ4v) is 3.31. The van der Waals surface area contributed by atoms with E-state index in [2.05, 4.69) is 17.6 Å². The van der Waals surface area contributed by atoms with Gasteiger partial charge < -0.3 is 15.7 Å². The Balaban J connectivity index is 1.77. The zero-order valence-electron chi connectivity index (χ0n) is 12.3. The average molecular weight is 282 g/mol. The summed E-state index contributed by atoms with van der Waals surface area (Å²) in [6.07, 6.45) is 8.07. The zero-order valence-corrected chi connectivity index (χ0v) is 12.3. The molecule has 0 saturated heterocycles. The molecule has 3 N–H and O–H groups in total. The first-order valence-electron chi connectivity index (χ1n) is 7.83. The lowest BCUT2D eigenvalue weighted by molar-refractivity contribution is -0.143. The van der Waals surface area contributed by atoms with Crippen molar-refractivity contribution in [1.82, 2.24) is 10.6 Å². The van der Waals surface area contributed by atoms with E-state index in [0.717, 1.165) is 38.6 Å². The number of carboxylic acid groups (broad SMARTS) is 1. The van der Waals surface area contributed by atoms with Crippen molar-refractivity contribution in [1.29, 1.82) is 0 Å². The van der Waals surface area contributed by atoms with Crippen molar-refractivity contribution in [2.75, 3.05) is 6.54 Å². The quantitative estimate of drug-likeness (QED) is 0.700. The molecular weight excluding hydrogens is 256 g/mol. The number of aliphatic carboxylic acids is 1. The Morgan fingerprint density at radius 2 is 1.95 bits per heavy atom. The molecule has 20 heavy (non-hydrogen) atoms. The largest absolute Gasteiger partial charge is 0.481 e. The highest BCUT2D eigenvalue weighted by Crippen LogP contribution is 2.48. The van der Waals surface area contributed by atoms with E-state index in [9.17, 15) is 14.7 Å². The van der Waals surface area contributed by atoms with Gasteiger partial charge in [-0.25, -0.2) is 4.79 Å². The van der Waals surface area contributed by atoms with Crippen molar-refractivity contribution in [3.63, 3.8) is 0 Å². The molecule has 0 aromatic heterocycles. The Morgan fingerprint density at radius 3 is 2.55 bits per heavy atom. The van der Waals surface area contributed by atoms with Crippen molar-refractivity contribution >= 4 is 12.0 Å². The van der Waals surface area contributed by atoms with Crippen LogP contribution in [0.4, 0.5) is 4.79 Å². The highest BCUT2D eigenvalue weighted by molar-refractivity contribution is 5.76. The lowest BCUT2D eigenvalue weighted by Gasteiger charge is -2.29. The molecule has 0 aromatic carbocycles. The summed E-state index contributed by atoms with van der Waals surface area (Å²) in [7, 11) is 0. The van der Waals surface area contributed by atoms with Crippen LogP contribution in [0.25, 0.3) is 0 Å². The molecule has 0 aliphatic heterocycles. The predicted molar refractivity (Wildman–Crippen MR) is 76.5 cm³/mol. The van der Waals surface area contributed by atoms with E-state index in [1.165, 1.54) is 12.8 Å². The van der Waals surface area contributed by atoms with Crippen molar-refractivity contribution in [2.24, 2.45) is 11.3 Å². The normalized spacial score (nSPS) is 27.6. The van der Waals surface area contributed by atoms with Gasteiger partial charge in [-0.05, 0) is 37.5 Å². The number of carboxylic acids is 1. The van der Waals surface area contributed by atoms with Gasteiger partial charge >= 0.3 is 12.0 Å². The van der Waals surface area contributed by atoms with Gasteiger partial charge in [-0.3, -0.25) is 4.79 Å². The fourth-order valence-electron chi connectivity index (χ4n) is 3.31. The minimum absolute atomic E-state index is 0.203. The smallest absolute Gasteiger partial charge is 0.315 e. The van der Waals surface area contributed by atoms with Gasteiger partial charge in [0, 0.05) is 12.6 Å². The molecule has 2 saturated carbocycles. The Labute approximate surface area is 120 Å². The monoisotopic (exact) mass is 282 g/mol. The summed E-state index contributed by atoms with van der Waals surface area (Å²) in [5, 5.41) is 15.0. The van der Waals surface area contributed by atoms with Crippen LogP contribution >= 0.6 is 0 Å². The molecule has 2 unspecified atom stereocenters. The molecule has 5 nitrogen and oxygen atoms in total. The number of nitrogens with one attached hydrogen (secondary N) is 2. The van der Waals surface area contributed by atoms with E-state index in [0.29, 0.717) is 11.8 Å². The van der Waals surface area contributed by atoms with Crippen molar-refractivity contribution < 1.29 is 14.7 Å². The van der Waals surface area contributed by atoms with Gasteiger partial charge in [-0.15, -0.1) is 0 Å². The van der Waals surface area contributed by atoms with Gasteiger partial charge in [0.15, 0.2) is 0 Å². The number of hydrogen-bond donors (Lipinski definition) is 3. The summed E-state index contributed by atoms with van der Waals surface area (Å²) in [5.41, 5.74) is 0.324. The van der Waals surface area contributed by atoms with Crippen LogP contribution in [-0.4, -0.2) is 29.7 Å². The minimum atomic E-state index is -0.792. The maximum absolute atomic E-state index is 11.9. The molecule has 2 atom stereocenters. The SMILES string of the molecule is CCCC1(CNC(=O)NC2CCCCC2C(=O)O)CC1. The van der Waals surface area contributed by atoms with Gasteiger partial charge in [0.2, 0.25) is 0 Å². The highest BCUT2D eigenvalue weighted by atomic mass is 16.4. The molecule has 2 aliphatic rings. The number of carbonyl (C=O) groups is 2. The average Bonchev–Trinajstić information content (AvgIpc) is 3.18. The second-order valence-corrected chi connectivity index (χ2v) is 6.41. The molecule has 0 aromatic rings. The Hall–Kier alpha value is -1.26. The van der Waals surface area contributed by atoms with Crippen LogP contribution < -0.4 is 10.6 Å². The predicted octanol–water partition coefficient (Wildman–Crippen LogP) is 2.51. The van der Waals surface area contributed by atoms with Gasteiger partial charge in [0.05, 0.1) is 5.92 Å². The summed E-state index contributed by atoms with van der Waals surface area (Å²) in [6.45, 7) is 2.89. The summed E-state index contributed by atoms with van der Waals surface area (Å²) in [6, 6.07) is -0.423. The van der Waals surface area contributed by atoms with E-state index in [-0.39, 0.29) is 12.1 Å². The Kier molecular flexibility index (Phi) is 4.89. The number of hydrogen-bond acceptors (Lipinski definition) is 2. The van der Waals surface area contributed by atoms with Crippen LogP contribution in [0.3, 0.4) is 0 Å². The molecule has 2 fully saturated rings. The van der Waals surface area contributed by atoms with E-state index in [4.69, 9.17) is 0 Å². The summed E-state index contributed by atoms with van der Waals surface area (Å²) in [5.74, 6) is -1.22. The molecule has 0 spiro atoms. The third-order valence-corrected chi connectivity index (χ3v) is 4.76. The van der Waals surface area contributed by atoms with E-state index in [1.54, 1.807) is 0 Å². The molecule has 2 rings (SSSR count). The molecule has 2 aliphatic carbocycles. The van der Waals surface area contributed by atoms with Crippen LogP contribution in [0.2, 0.25) is 0 Å². The second-order valence-electron chi connectivity index (χ2n) is 6.41. The van der Waals surface area contributed by atoms with Crippen LogP contribution in [0.15, 0.2) is 0 Å². The summed E-state index contributed by atoms with van der Waals surface area (Å²) < 4.78 is 0. The molecule has 0 heterocycles. The molecule has 2 amide bonds. The molecule has 5 heteroatoms. The lowest BCUT2D eigenvalue weighted by Crippen LogP contribution is -2.49. The van der Waals surface area contributed by atoms with Crippen LogP contribution in [0.1, 0.15) is 58.3 Å². The Morgan fingerprint density at radius 1 is 1.25 bits per heavy atom. The molecule has 0 radical (unpaired) electrons. The lowest BCUT2D eigenvalue weighted by atomic mass is 9.84. The number of amides is 2. The Bertz CT molecular complexity index is 366. The standard InChI is InChI=1S/C15H26N2O3/c1-2-7-15(8-9-15)10-16-14(20)17-12-6-4-3-5-11(12)13(18)19/h11-12H,2-10H2,1H3,(H,18,19)(H2,16,17,20). The van der Waals surface area contributed by atoms with E-state index in [1.807, 2.05) is 0 Å². The first-order valence-corrected chi connectivity index (χ1v) is 7.83. The maximum atomic E-state index is 11.9. The van der Waals surface area contributed by atoms with Gasteiger partial charge in [0.1, 0.15) is 0 Å². The summed E-state index contributed by atoms with van der Waals surface area (Å²) >= 11 is 0. The number of carbonyl (C=O) groups excluding carboxylic acids is 1. The second kappa shape index (κ2) is 6.46. The molecule has 0 bridgehead atoms. The first kappa shape index (κ1) is 15.1. The van der Waals surface area contributed by atoms with E-state index >= 15 is 0 Å². The maximum Gasteiger partial charge on any atom is 0.315 e. The van der Waals surface area contributed by atoms with Crippen LogP contribution in [-0.2, 0) is 4.79 Å². The van der Waals surface area contributed by atoms with Crippen LogP contribution in [0.5, 0.6) is 0 Å². The number of urea groups is 1.